The molecule has 1 N–H and O–H groups in total. The highest BCUT2D eigenvalue weighted by Crippen LogP contribution is 2.20. The fourth-order valence-electron chi connectivity index (χ4n) is 2.14. The Bertz CT molecular complexity index is 718. The van der Waals surface area contributed by atoms with Crippen molar-refractivity contribution in [1.82, 2.24) is 0 Å². The fraction of sp³-hybridized carbons (Fsp3) is 0.263. The third-order valence-corrected chi connectivity index (χ3v) is 3.46. The second-order valence-corrected chi connectivity index (χ2v) is 5.18. The Morgan fingerprint density at radius 1 is 1.08 bits per heavy atom. The molecule has 24 heavy (non-hydrogen) atoms. The van der Waals surface area contributed by atoms with Crippen molar-refractivity contribution in [3.8, 4) is 17.6 Å². The molecule has 0 amide bonds. The number of rotatable bonds is 8. The van der Waals surface area contributed by atoms with Crippen molar-refractivity contribution in [2.24, 2.45) is 5.16 Å². The zero-order valence-electron chi connectivity index (χ0n) is 13.6. The average Bonchev–Trinajstić information content (AvgIpc) is 2.63. The van der Waals surface area contributed by atoms with E-state index in [0.29, 0.717) is 17.9 Å². The normalized spacial score (nSPS) is 10.9. The van der Waals surface area contributed by atoms with Crippen molar-refractivity contribution in [3.05, 3.63) is 59.7 Å². The van der Waals surface area contributed by atoms with Crippen molar-refractivity contribution < 1.29 is 14.7 Å². The van der Waals surface area contributed by atoms with Gasteiger partial charge in [0.15, 0.2) is 5.71 Å². The van der Waals surface area contributed by atoms with E-state index in [2.05, 4.69) is 12.1 Å². The lowest BCUT2D eigenvalue weighted by Gasteiger charge is -2.10. The van der Waals surface area contributed by atoms with Gasteiger partial charge in [0, 0.05) is 5.56 Å². The molecule has 5 nitrogen and oxygen atoms in total. The molecule has 0 heterocycles. The van der Waals surface area contributed by atoms with E-state index >= 15 is 0 Å². The van der Waals surface area contributed by atoms with Gasteiger partial charge in [0.1, 0.15) is 24.2 Å². The standard InChI is InChI=1S/C19H20N2O3/c1-2-3-12-23-16-8-10-17(11-9-16)24-14-15-6-4-5-7-18(15)19(13-20)21-22/h4-11,22H,2-3,12,14H2,1H3. The highest BCUT2D eigenvalue weighted by atomic mass is 16.5. The minimum atomic E-state index is -0.0335. The fourth-order valence-corrected chi connectivity index (χ4v) is 2.14. The Kier molecular flexibility index (Phi) is 6.66. The van der Waals surface area contributed by atoms with Crippen molar-refractivity contribution >= 4 is 5.71 Å². The summed E-state index contributed by atoms with van der Waals surface area (Å²) in [5, 5.41) is 21.0. The summed E-state index contributed by atoms with van der Waals surface area (Å²) in [6.45, 7) is 3.10. The molecule has 0 bridgehead atoms. The van der Waals surface area contributed by atoms with Crippen molar-refractivity contribution in [1.29, 1.82) is 5.26 Å². The van der Waals surface area contributed by atoms with Crippen molar-refractivity contribution in [2.45, 2.75) is 26.4 Å². The highest BCUT2D eigenvalue weighted by Gasteiger charge is 2.09. The smallest absolute Gasteiger partial charge is 0.187 e. The van der Waals surface area contributed by atoms with Crippen molar-refractivity contribution in [2.75, 3.05) is 6.61 Å². The maximum atomic E-state index is 9.01. The lowest BCUT2D eigenvalue weighted by Crippen LogP contribution is -2.05. The zero-order chi connectivity index (χ0) is 17.2. The topological polar surface area (TPSA) is 74.8 Å². The van der Waals surface area contributed by atoms with Gasteiger partial charge in [-0.25, -0.2) is 0 Å². The van der Waals surface area contributed by atoms with Gasteiger partial charge in [-0.1, -0.05) is 42.8 Å². The van der Waals surface area contributed by atoms with Gasteiger partial charge in [-0.05, 0) is 36.2 Å². The number of hydrogen-bond acceptors (Lipinski definition) is 5. The molecule has 124 valence electrons. The Balaban J connectivity index is 2.00. The predicted molar refractivity (Wildman–Crippen MR) is 91.6 cm³/mol. The number of ether oxygens (including phenoxy) is 2. The average molecular weight is 324 g/mol. The second-order valence-electron chi connectivity index (χ2n) is 5.18. The lowest BCUT2D eigenvalue weighted by atomic mass is 10.0. The summed E-state index contributed by atoms with van der Waals surface area (Å²) >= 11 is 0. The van der Waals surface area contributed by atoms with E-state index < -0.39 is 0 Å². The molecule has 0 aliphatic carbocycles. The number of unbranched alkanes of at least 4 members (excludes halogenated alkanes) is 1. The number of benzene rings is 2. The summed E-state index contributed by atoms with van der Waals surface area (Å²) in [7, 11) is 0. The Labute approximate surface area is 141 Å². The molecule has 5 heteroatoms. The lowest BCUT2D eigenvalue weighted by molar-refractivity contribution is 0.298. The van der Waals surface area contributed by atoms with Crippen LogP contribution in [-0.4, -0.2) is 17.5 Å². The second kappa shape index (κ2) is 9.21. The summed E-state index contributed by atoms with van der Waals surface area (Å²) in [6.07, 6.45) is 2.13. The molecule has 0 aliphatic rings. The summed E-state index contributed by atoms with van der Waals surface area (Å²) < 4.78 is 11.4. The third-order valence-electron chi connectivity index (χ3n) is 3.46. The third kappa shape index (κ3) is 4.75. The first kappa shape index (κ1) is 17.4. The number of nitriles is 1. The van der Waals surface area contributed by atoms with E-state index in [-0.39, 0.29) is 12.3 Å². The van der Waals surface area contributed by atoms with Crippen LogP contribution >= 0.6 is 0 Å². The maximum Gasteiger partial charge on any atom is 0.187 e. The molecule has 0 atom stereocenters. The summed E-state index contributed by atoms with van der Waals surface area (Å²) in [5.74, 6) is 1.52. The molecule has 2 aromatic rings. The largest absolute Gasteiger partial charge is 0.494 e. The van der Waals surface area contributed by atoms with Gasteiger partial charge >= 0.3 is 0 Å². The molecule has 0 aromatic heterocycles. The molecule has 0 spiro atoms. The van der Waals surface area contributed by atoms with Crippen LogP contribution in [0.3, 0.4) is 0 Å². The Morgan fingerprint density at radius 3 is 2.38 bits per heavy atom. The molecule has 0 unspecified atom stereocenters. The van der Waals surface area contributed by atoms with Gasteiger partial charge in [0.25, 0.3) is 0 Å². The van der Waals surface area contributed by atoms with Crippen LogP contribution in [0, 0.1) is 11.3 Å². The van der Waals surface area contributed by atoms with E-state index in [0.717, 1.165) is 24.2 Å². The molecule has 0 saturated carbocycles. The minimum Gasteiger partial charge on any atom is -0.494 e. The van der Waals surface area contributed by atoms with Crippen LogP contribution in [0.1, 0.15) is 30.9 Å². The van der Waals surface area contributed by atoms with Crippen LogP contribution in [0.5, 0.6) is 11.5 Å². The maximum absolute atomic E-state index is 9.01. The van der Waals surface area contributed by atoms with Crippen LogP contribution in [0.15, 0.2) is 53.7 Å². The number of hydrogen-bond donors (Lipinski definition) is 1. The van der Waals surface area contributed by atoms with Crippen LogP contribution < -0.4 is 9.47 Å². The van der Waals surface area contributed by atoms with E-state index in [9.17, 15) is 0 Å². The first-order valence-electron chi connectivity index (χ1n) is 7.84. The molecule has 0 fully saturated rings. The molecule has 2 aromatic carbocycles. The zero-order valence-corrected chi connectivity index (χ0v) is 13.6. The van der Waals surface area contributed by atoms with Gasteiger partial charge in [-0.3, -0.25) is 0 Å². The molecule has 0 saturated heterocycles. The SMILES string of the molecule is CCCCOc1ccc(OCc2ccccc2C(C#N)=NO)cc1. The van der Waals surface area contributed by atoms with Gasteiger partial charge < -0.3 is 14.7 Å². The van der Waals surface area contributed by atoms with Crippen LogP contribution in [0.2, 0.25) is 0 Å². The van der Waals surface area contributed by atoms with Crippen LogP contribution in [-0.2, 0) is 6.61 Å². The molecule has 0 aliphatic heterocycles. The Hall–Kier alpha value is -3.00. The van der Waals surface area contributed by atoms with Crippen molar-refractivity contribution in [3.63, 3.8) is 0 Å². The van der Waals surface area contributed by atoms with E-state index in [1.807, 2.05) is 42.5 Å². The first-order chi connectivity index (χ1) is 11.8. The molecular weight excluding hydrogens is 304 g/mol. The van der Waals surface area contributed by atoms with Gasteiger partial charge in [-0.2, -0.15) is 5.26 Å². The van der Waals surface area contributed by atoms with Gasteiger partial charge in [0.05, 0.1) is 6.61 Å². The predicted octanol–water partition coefficient (Wildman–Crippen LogP) is 4.15. The first-order valence-corrected chi connectivity index (χ1v) is 7.84. The van der Waals surface area contributed by atoms with Gasteiger partial charge in [0.2, 0.25) is 0 Å². The molecule has 2 rings (SSSR count). The highest BCUT2D eigenvalue weighted by molar-refractivity contribution is 6.12. The number of oxime groups is 1. The van der Waals surface area contributed by atoms with Crippen LogP contribution in [0.4, 0.5) is 0 Å². The van der Waals surface area contributed by atoms with Crippen LogP contribution in [0.25, 0.3) is 0 Å². The summed E-state index contributed by atoms with van der Waals surface area (Å²) in [4.78, 5) is 0. The molecular formula is C19H20N2O3. The Morgan fingerprint density at radius 2 is 1.75 bits per heavy atom. The van der Waals surface area contributed by atoms with E-state index in [4.69, 9.17) is 19.9 Å². The summed E-state index contributed by atoms with van der Waals surface area (Å²) in [6, 6.07) is 16.5. The van der Waals surface area contributed by atoms with E-state index in [1.165, 1.54) is 0 Å². The minimum absolute atomic E-state index is 0.0335. The number of nitrogens with zero attached hydrogens (tertiary/aromatic N) is 2. The van der Waals surface area contributed by atoms with Gasteiger partial charge in [-0.15, -0.1) is 0 Å². The molecule has 0 radical (unpaired) electrons. The quantitative estimate of drug-likeness (QED) is 0.342. The summed E-state index contributed by atoms with van der Waals surface area (Å²) in [5.41, 5.74) is 1.30. The monoisotopic (exact) mass is 324 g/mol. The van der Waals surface area contributed by atoms with E-state index in [1.54, 1.807) is 12.1 Å².